The fourth-order valence-corrected chi connectivity index (χ4v) is 2.20. The summed E-state index contributed by atoms with van der Waals surface area (Å²) in [5, 5.41) is 2.92. The Bertz CT molecular complexity index is 623. The second kappa shape index (κ2) is 7.64. The van der Waals surface area contributed by atoms with Gasteiger partial charge in [-0.25, -0.2) is 0 Å². The molecular formula is C19H23NO2. The number of ether oxygens (including phenoxy) is 1. The molecule has 116 valence electrons. The van der Waals surface area contributed by atoms with Crippen molar-refractivity contribution in [3.63, 3.8) is 0 Å². The normalized spacial score (nSPS) is 11.8. The summed E-state index contributed by atoms with van der Waals surface area (Å²) in [6.45, 7) is 6.38. The number of hydrogen-bond acceptors (Lipinski definition) is 2. The lowest BCUT2D eigenvalue weighted by molar-refractivity contribution is -0.127. The van der Waals surface area contributed by atoms with E-state index in [0.717, 1.165) is 23.3 Å². The molecule has 3 heteroatoms. The van der Waals surface area contributed by atoms with Crippen molar-refractivity contribution >= 4 is 5.91 Å². The van der Waals surface area contributed by atoms with E-state index in [9.17, 15) is 4.79 Å². The summed E-state index contributed by atoms with van der Waals surface area (Å²) in [7, 11) is 0. The third kappa shape index (κ3) is 4.62. The molecule has 2 aromatic rings. The van der Waals surface area contributed by atoms with E-state index in [4.69, 9.17) is 4.74 Å². The molecule has 1 unspecified atom stereocenters. The van der Waals surface area contributed by atoms with Crippen LogP contribution in [0.15, 0.2) is 48.5 Å². The number of rotatable bonds is 6. The van der Waals surface area contributed by atoms with Gasteiger partial charge in [-0.2, -0.15) is 0 Å². The van der Waals surface area contributed by atoms with Crippen LogP contribution in [-0.4, -0.2) is 18.6 Å². The van der Waals surface area contributed by atoms with Crippen LogP contribution in [-0.2, 0) is 11.2 Å². The minimum Gasteiger partial charge on any atom is -0.481 e. The average molecular weight is 297 g/mol. The maximum Gasteiger partial charge on any atom is 0.260 e. The Morgan fingerprint density at radius 2 is 1.86 bits per heavy atom. The minimum absolute atomic E-state index is 0.0863. The monoisotopic (exact) mass is 297 g/mol. The van der Waals surface area contributed by atoms with E-state index in [0.29, 0.717) is 6.54 Å². The van der Waals surface area contributed by atoms with E-state index in [-0.39, 0.29) is 5.91 Å². The van der Waals surface area contributed by atoms with E-state index in [2.05, 4.69) is 17.4 Å². The zero-order chi connectivity index (χ0) is 15.9. The zero-order valence-corrected chi connectivity index (χ0v) is 13.4. The average Bonchev–Trinajstić information content (AvgIpc) is 2.52. The number of carbonyl (C=O) groups excluding carboxylic acids is 1. The van der Waals surface area contributed by atoms with Crippen molar-refractivity contribution < 1.29 is 9.53 Å². The lowest BCUT2D eigenvalue weighted by atomic mass is 10.1. The standard InChI is InChI=1S/C19H23NO2/c1-14-9-10-15(2)18(13-14)22-16(3)19(21)20-12-11-17-7-5-4-6-8-17/h4-10,13,16H,11-12H2,1-3H3,(H,20,21). The highest BCUT2D eigenvalue weighted by molar-refractivity contribution is 5.80. The van der Waals surface area contributed by atoms with Crippen LogP contribution >= 0.6 is 0 Å². The molecular weight excluding hydrogens is 274 g/mol. The van der Waals surface area contributed by atoms with Crippen LogP contribution in [0.1, 0.15) is 23.6 Å². The number of amides is 1. The number of aryl methyl sites for hydroxylation is 2. The Morgan fingerprint density at radius 3 is 2.59 bits per heavy atom. The lowest BCUT2D eigenvalue weighted by Crippen LogP contribution is -2.37. The molecule has 2 aromatic carbocycles. The van der Waals surface area contributed by atoms with Gasteiger partial charge in [0.2, 0.25) is 0 Å². The summed E-state index contributed by atoms with van der Waals surface area (Å²) < 4.78 is 5.78. The fraction of sp³-hybridized carbons (Fsp3) is 0.316. The van der Waals surface area contributed by atoms with Gasteiger partial charge in [-0.05, 0) is 49.9 Å². The highest BCUT2D eigenvalue weighted by Gasteiger charge is 2.15. The first kappa shape index (κ1) is 16.1. The largest absolute Gasteiger partial charge is 0.481 e. The van der Waals surface area contributed by atoms with E-state index in [1.807, 2.05) is 50.2 Å². The molecule has 0 bridgehead atoms. The van der Waals surface area contributed by atoms with Crippen LogP contribution in [0.4, 0.5) is 0 Å². The smallest absolute Gasteiger partial charge is 0.260 e. The van der Waals surface area contributed by atoms with E-state index < -0.39 is 6.10 Å². The Kier molecular flexibility index (Phi) is 5.59. The first-order valence-corrected chi connectivity index (χ1v) is 7.62. The molecule has 0 saturated carbocycles. The minimum atomic E-state index is -0.503. The van der Waals surface area contributed by atoms with E-state index in [1.165, 1.54) is 5.56 Å². The van der Waals surface area contributed by atoms with Crippen molar-refractivity contribution in [1.82, 2.24) is 5.32 Å². The first-order chi connectivity index (χ1) is 10.6. The second-order valence-electron chi connectivity index (χ2n) is 5.56. The molecule has 1 N–H and O–H groups in total. The van der Waals surface area contributed by atoms with E-state index in [1.54, 1.807) is 6.92 Å². The van der Waals surface area contributed by atoms with Crippen molar-refractivity contribution in [2.75, 3.05) is 6.54 Å². The van der Waals surface area contributed by atoms with Crippen LogP contribution in [0.2, 0.25) is 0 Å². The highest BCUT2D eigenvalue weighted by atomic mass is 16.5. The molecule has 1 atom stereocenters. The van der Waals surface area contributed by atoms with Gasteiger partial charge < -0.3 is 10.1 Å². The first-order valence-electron chi connectivity index (χ1n) is 7.62. The topological polar surface area (TPSA) is 38.3 Å². The van der Waals surface area contributed by atoms with Crippen LogP contribution in [0.5, 0.6) is 5.75 Å². The summed E-state index contributed by atoms with van der Waals surface area (Å²) in [5.41, 5.74) is 3.37. The molecule has 0 fully saturated rings. The molecule has 22 heavy (non-hydrogen) atoms. The Balaban J connectivity index is 1.83. The van der Waals surface area contributed by atoms with Crippen molar-refractivity contribution in [2.24, 2.45) is 0 Å². The van der Waals surface area contributed by atoms with Crippen molar-refractivity contribution in [1.29, 1.82) is 0 Å². The molecule has 0 saturated heterocycles. The number of benzene rings is 2. The molecule has 0 radical (unpaired) electrons. The van der Waals surface area contributed by atoms with Gasteiger partial charge in [0.15, 0.2) is 6.10 Å². The van der Waals surface area contributed by atoms with Gasteiger partial charge in [0.05, 0.1) is 0 Å². The molecule has 3 nitrogen and oxygen atoms in total. The predicted octanol–water partition coefficient (Wildman–Crippen LogP) is 3.43. The SMILES string of the molecule is Cc1ccc(C)c(OC(C)C(=O)NCCc2ccccc2)c1. The molecule has 0 aliphatic heterocycles. The second-order valence-corrected chi connectivity index (χ2v) is 5.56. The summed E-state index contributed by atoms with van der Waals surface area (Å²) in [4.78, 5) is 12.1. The van der Waals surface area contributed by atoms with Crippen molar-refractivity contribution in [3.05, 3.63) is 65.2 Å². The van der Waals surface area contributed by atoms with Gasteiger partial charge in [0.25, 0.3) is 5.91 Å². The molecule has 0 aromatic heterocycles. The molecule has 0 aliphatic rings. The summed E-state index contributed by atoms with van der Waals surface area (Å²) in [5.74, 6) is 0.683. The van der Waals surface area contributed by atoms with Crippen molar-refractivity contribution in [2.45, 2.75) is 33.3 Å². The number of carbonyl (C=O) groups is 1. The maximum absolute atomic E-state index is 12.1. The Hall–Kier alpha value is -2.29. The summed E-state index contributed by atoms with van der Waals surface area (Å²) in [6.07, 6.45) is 0.319. The van der Waals surface area contributed by atoms with Crippen molar-refractivity contribution in [3.8, 4) is 5.75 Å². The van der Waals surface area contributed by atoms with Crippen LogP contribution in [0.25, 0.3) is 0 Å². The van der Waals surface area contributed by atoms with Crippen LogP contribution in [0, 0.1) is 13.8 Å². The third-order valence-corrected chi connectivity index (χ3v) is 3.57. The molecule has 0 spiro atoms. The van der Waals surface area contributed by atoms with Crippen LogP contribution < -0.4 is 10.1 Å². The van der Waals surface area contributed by atoms with E-state index >= 15 is 0 Å². The Morgan fingerprint density at radius 1 is 1.14 bits per heavy atom. The summed E-state index contributed by atoms with van der Waals surface area (Å²) >= 11 is 0. The third-order valence-electron chi connectivity index (χ3n) is 3.57. The zero-order valence-electron chi connectivity index (χ0n) is 13.4. The van der Waals surface area contributed by atoms with Gasteiger partial charge >= 0.3 is 0 Å². The fourth-order valence-electron chi connectivity index (χ4n) is 2.20. The number of hydrogen-bond donors (Lipinski definition) is 1. The summed E-state index contributed by atoms with van der Waals surface area (Å²) in [6, 6.07) is 16.1. The quantitative estimate of drug-likeness (QED) is 0.887. The lowest BCUT2D eigenvalue weighted by Gasteiger charge is -2.16. The molecule has 0 heterocycles. The predicted molar refractivity (Wildman–Crippen MR) is 89.2 cm³/mol. The molecule has 0 aliphatic carbocycles. The number of nitrogens with one attached hydrogen (secondary N) is 1. The van der Waals surface area contributed by atoms with Gasteiger partial charge in [-0.3, -0.25) is 4.79 Å². The highest BCUT2D eigenvalue weighted by Crippen LogP contribution is 2.20. The van der Waals surface area contributed by atoms with Gasteiger partial charge in [0, 0.05) is 6.54 Å². The Labute approximate surface area is 132 Å². The van der Waals surface area contributed by atoms with Gasteiger partial charge in [0.1, 0.15) is 5.75 Å². The van der Waals surface area contributed by atoms with Gasteiger partial charge in [-0.15, -0.1) is 0 Å². The molecule has 2 rings (SSSR count). The maximum atomic E-state index is 12.1. The van der Waals surface area contributed by atoms with Gasteiger partial charge in [-0.1, -0.05) is 42.5 Å². The molecule has 1 amide bonds. The van der Waals surface area contributed by atoms with Crippen LogP contribution in [0.3, 0.4) is 0 Å².